The molecule has 0 unspecified atom stereocenters. The normalized spacial score (nSPS) is 9.40. The molecule has 0 spiro atoms. The first-order valence-corrected chi connectivity index (χ1v) is 6.11. The first-order valence-electron chi connectivity index (χ1n) is 6.11. The minimum atomic E-state index is 0.369. The molecule has 3 aromatic rings. The van der Waals surface area contributed by atoms with Gasteiger partial charge in [0.25, 0.3) is 0 Å². The molecule has 20 heavy (non-hydrogen) atoms. The lowest BCUT2D eigenvalue weighted by Gasteiger charge is -2.02. The first-order chi connectivity index (χ1) is 9.86. The summed E-state index contributed by atoms with van der Waals surface area (Å²) in [5, 5.41) is 5.30. The van der Waals surface area contributed by atoms with E-state index in [-0.39, 0.29) is 0 Å². The minimum absolute atomic E-state index is 0.369. The standard InChI is InChI=1S/C14H10.C2H4N2O2/c1-3-7-13-11(5-1)9-10-12-6-2-4-8-14(12)13;5-1-3-4-2-6/h1-10H;1-2H,(H,3,5)(H,4,6). The fourth-order valence-corrected chi connectivity index (χ4v) is 2.02. The molecule has 0 saturated heterocycles. The van der Waals surface area contributed by atoms with E-state index in [0.29, 0.717) is 12.8 Å². The van der Waals surface area contributed by atoms with Crippen LogP contribution in [0.25, 0.3) is 21.5 Å². The summed E-state index contributed by atoms with van der Waals surface area (Å²) < 4.78 is 0. The number of rotatable bonds is 3. The zero-order chi connectivity index (χ0) is 14.2. The lowest BCUT2D eigenvalue weighted by atomic mass is 10.0. The summed E-state index contributed by atoms with van der Waals surface area (Å²) in [5.74, 6) is 0. The molecule has 0 atom stereocenters. The van der Waals surface area contributed by atoms with E-state index in [2.05, 4.69) is 60.7 Å². The molecule has 0 heterocycles. The van der Waals surface area contributed by atoms with Gasteiger partial charge < -0.3 is 0 Å². The average Bonchev–Trinajstić information content (AvgIpc) is 2.53. The lowest BCUT2D eigenvalue weighted by Crippen LogP contribution is -2.28. The average molecular weight is 266 g/mol. The van der Waals surface area contributed by atoms with E-state index in [0.717, 1.165) is 0 Å². The number of amides is 2. The van der Waals surface area contributed by atoms with Crippen LogP contribution in [0.1, 0.15) is 0 Å². The molecule has 2 N–H and O–H groups in total. The van der Waals surface area contributed by atoms with E-state index in [1.165, 1.54) is 21.5 Å². The van der Waals surface area contributed by atoms with Gasteiger partial charge in [-0.05, 0) is 21.5 Å². The molecular formula is C16H14N2O2. The van der Waals surface area contributed by atoms with E-state index in [4.69, 9.17) is 0 Å². The summed E-state index contributed by atoms with van der Waals surface area (Å²) in [4.78, 5) is 18.5. The van der Waals surface area contributed by atoms with Crippen molar-refractivity contribution < 1.29 is 9.59 Å². The van der Waals surface area contributed by atoms with Gasteiger partial charge in [-0.25, -0.2) is 0 Å². The van der Waals surface area contributed by atoms with E-state index >= 15 is 0 Å². The van der Waals surface area contributed by atoms with Crippen LogP contribution in [0, 0.1) is 0 Å². The van der Waals surface area contributed by atoms with Crippen LogP contribution < -0.4 is 10.9 Å². The van der Waals surface area contributed by atoms with Crippen molar-refractivity contribution in [2.24, 2.45) is 0 Å². The number of hydrogen-bond acceptors (Lipinski definition) is 2. The van der Waals surface area contributed by atoms with Gasteiger partial charge in [-0.3, -0.25) is 20.4 Å². The van der Waals surface area contributed by atoms with Crippen LogP contribution in [0.15, 0.2) is 60.7 Å². The number of fused-ring (bicyclic) bond motifs is 3. The molecule has 0 aliphatic rings. The highest BCUT2D eigenvalue weighted by Gasteiger charge is 1.97. The van der Waals surface area contributed by atoms with Crippen molar-refractivity contribution in [1.82, 2.24) is 10.9 Å². The molecule has 0 fully saturated rings. The highest BCUT2D eigenvalue weighted by atomic mass is 16.2. The van der Waals surface area contributed by atoms with E-state index < -0.39 is 0 Å². The number of carbonyl (C=O) groups is 2. The fraction of sp³-hybridized carbons (Fsp3) is 0. The molecule has 100 valence electrons. The van der Waals surface area contributed by atoms with Crippen molar-refractivity contribution in [2.75, 3.05) is 0 Å². The summed E-state index contributed by atoms with van der Waals surface area (Å²) in [6, 6.07) is 21.4. The third kappa shape index (κ3) is 3.11. The second-order valence-electron chi connectivity index (χ2n) is 4.03. The monoisotopic (exact) mass is 266 g/mol. The quantitative estimate of drug-likeness (QED) is 0.331. The van der Waals surface area contributed by atoms with E-state index in [1.54, 1.807) is 0 Å². The van der Waals surface area contributed by atoms with Crippen molar-refractivity contribution in [3.05, 3.63) is 60.7 Å². The SMILES string of the molecule is O=CNNC=O.c1ccc2c(c1)ccc1ccccc12. The van der Waals surface area contributed by atoms with Gasteiger partial charge in [-0.15, -0.1) is 0 Å². The topological polar surface area (TPSA) is 58.2 Å². The number of carbonyl (C=O) groups excluding carboxylic acids is 2. The summed E-state index contributed by atoms with van der Waals surface area (Å²) >= 11 is 0. The Bertz CT molecular complexity index is 663. The largest absolute Gasteiger partial charge is 0.277 e. The van der Waals surface area contributed by atoms with Crippen LogP contribution in [-0.2, 0) is 9.59 Å². The van der Waals surface area contributed by atoms with Gasteiger partial charge >= 0.3 is 0 Å². The molecular weight excluding hydrogens is 252 g/mol. The Morgan fingerprint density at radius 1 is 0.600 bits per heavy atom. The Labute approximate surface area is 116 Å². The van der Waals surface area contributed by atoms with Gasteiger partial charge in [0.2, 0.25) is 12.8 Å². The third-order valence-corrected chi connectivity index (χ3v) is 2.86. The van der Waals surface area contributed by atoms with Crippen molar-refractivity contribution in [3.8, 4) is 0 Å². The van der Waals surface area contributed by atoms with Gasteiger partial charge in [-0.1, -0.05) is 60.7 Å². The van der Waals surface area contributed by atoms with Crippen LogP contribution in [0.2, 0.25) is 0 Å². The van der Waals surface area contributed by atoms with E-state index in [1.807, 2.05) is 10.9 Å². The van der Waals surface area contributed by atoms with Crippen LogP contribution in [-0.4, -0.2) is 12.8 Å². The highest BCUT2D eigenvalue weighted by Crippen LogP contribution is 2.24. The summed E-state index contributed by atoms with van der Waals surface area (Å²) in [7, 11) is 0. The van der Waals surface area contributed by atoms with Crippen molar-refractivity contribution in [2.45, 2.75) is 0 Å². The molecule has 4 nitrogen and oxygen atoms in total. The smallest absolute Gasteiger partial charge is 0.225 e. The van der Waals surface area contributed by atoms with Crippen molar-refractivity contribution in [1.29, 1.82) is 0 Å². The summed E-state index contributed by atoms with van der Waals surface area (Å²) in [6.07, 6.45) is 0.739. The molecule has 0 radical (unpaired) electrons. The third-order valence-electron chi connectivity index (χ3n) is 2.86. The van der Waals surface area contributed by atoms with Crippen LogP contribution >= 0.6 is 0 Å². The van der Waals surface area contributed by atoms with Gasteiger partial charge in [0, 0.05) is 0 Å². The molecule has 3 aromatic carbocycles. The molecule has 0 aliphatic heterocycles. The van der Waals surface area contributed by atoms with Crippen LogP contribution in [0.5, 0.6) is 0 Å². The first kappa shape index (κ1) is 13.5. The maximum absolute atomic E-state index is 9.23. The van der Waals surface area contributed by atoms with Gasteiger partial charge in [0.1, 0.15) is 0 Å². The van der Waals surface area contributed by atoms with Gasteiger partial charge in [-0.2, -0.15) is 0 Å². The number of benzene rings is 3. The van der Waals surface area contributed by atoms with Crippen molar-refractivity contribution >= 4 is 34.4 Å². The number of hydrazine groups is 1. The molecule has 0 bridgehead atoms. The molecule has 3 rings (SSSR count). The summed E-state index contributed by atoms with van der Waals surface area (Å²) in [6.45, 7) is 0. The molecule has 0 aliphatic carbocycles. The number of hydrogen-bond donors (Lipinski definition) is 2. The zero-order valence-corrected chi connectivity index (χ0v) is 10.7. The zero-order valence-electron chi connectivity index (χ0n) is 10.7. The second kappa shape index (κ2) is 6.89. The molecule has 4 heteroatoms. The highest BCUT2D eigenvalue weighted by molar-refractivity contribution is 6.07. The van der Waals surface area contributed by atoms with Crippen molar-refractivity contribution in [3.63, 3.8) is 0 Å². The Balaban J connectivity index is 0.000000212. The van der Waals surface area contributed by atoms with Crippen LogP contribution in [0.3, 0.4) is 0 Å². The molecule has 0 aromatic heterocycles. The molecule has 2 amide bonds. The van der Waals surface area contributed by atoms with Gasteiger partial charge in [0.15, 0.2) is 0 Å². The Morgan fingerprint density at radius 3 is 1.40 bits per heavy atom. The Hall–Kier alpha value is -2.88. The summed E-state index contributed by atoms with van der Waals surface area (Å²) in [5.41, 5.74) is 3.80. The number of nitrogens with one attached hydrogen (secondary N) is 2. The predicted molar refractivity (Wildman–Crippen MR) is 79.9 cm³/mol. The maximum atomic E-state index is 9.23. The maximum Gasteiger partial charge on any atom is 0.225 e. The van der Waals surface area contributed by atoms with Crippen LogP contribution in [0.4, 0.5) is 0 Å². The fourth-order valence-electron chi connectivity index (χ4n) is 2.02. The van der Waals surface area contributed by atoms with E-state index in [9.17, 15) is 9.59 Å². The predicted octanol–water partition coefficient (Wildman–Crippen LogP) is 2.39. The minimum Gasteiger partial charge on any atom is -0.277 e. The molecule has 0 saturated carbocycles. The Morgan fingerprint density at radius 2 is 1.00 bits per heavy atom. The Kier molecular flexibility index (Phi) is 4.67. The van der Waals surface area contributed by atoms with Gasteiger partial charge in [0.05, 0.1) is 0 Å². The lowest BCUT2D eigenvalue weighted by molar-refractivity contribution is -0.116. The second-order valence-corrected chi connectivity index (χ2v) is 4.03.